The maximum Gasteiger partial charge on any atom is 0.0991 e. The summed E-state index contributed by atoms with van der Waals surface area (Å²) >= 11 is 0. The van der Waals surface area contributed by atoms with Crippen molar-refractivity contribution in [3.8, 4) is 6.07 Å². The maximum atomic E-state index is 10.1. The van der Waals surface area contributed by atoms with Gasteiger partial charge >= 0.3 is 0 Å². The minimum absolute atomic E-state index is 0.127. The van der Waals surface area contributed by atoms with Gasteiger partial charge in [-0.25, -0.2) is 0 Å². The van der Waals surface area contributed by atoms with Crippen molar-refractivity contribution in [1.29, 1.82) is 5.26 Å². The van der Waals surface area contributed by atoms with Gasteiger partial charge in [0.15, 0.2) is 0 Å². The van der Waals surface area contributed by atoms with Gasteiger partial charge in [0.05, 0.1) is 17.2 Å². The highest BCUT2D eigenvalue weighted by molar-refractivity contribution is 5.34. The number of hydrogen-bond donors (Lipinski definition) is 2. The molecule has 2 unspecified atom stereocenters. The highest BCUT2D eigenvalue weighted by Crippen LogP contribution is 2.16. The van der Waals surface area contributed by atoms with Crippen molar-refractivity contribution in [2.75, 3.05) is 6.54 Å². The second-order valence-electron chi connectivity index (χ2n) is 5.09. The van der Waals surface area contributed by atoms with Gasteiger partial charge in [0.25, 0.3) is 0 Å². The number of benzene rings is 1. The van der Waals surface area contributed by atoms with Crippen molar-refractivity contribution in [2.24, 2.45) is 0 Å². The molecule has 1 aromatic carbocycles. The van der Waals surface area contributed by atoms with Gasteiger partial charge in [-0.3, -0.25) is 0 Å². The van der Waals surface area contributed by atoms with E-state index in [2.05, 4.69) is 18.3 Å². The zero-order valence-corrected chi connectivity index (χ0v) is 11.4. The summed E-state index contributed by atoms with van der Waals surface area (Å²) in [7, 11) is 0. The molecule has 0 spiro atoms. The Labute approximate surface area is 109 Å². The van der Waals surface area contributed by atoms with Gasteiger partial charge in [-0.2, -0.15) is 5.26 Å². The largest absolute Gasteiger partial charge is 0.389 e. The molecule has 1 aromatic rings. The molecule has 0 aromatic heterocycles. The second-order valence-corrected chi connectivity index (χ2v) is 5.09. The molecule has 0 heterocycles. The first-order valence-electron chi connectivity index (χ1n) is 6.44. The van der Waals surface area contributed by atoms with Crippen LogP contribution < -0.4 is 5.32 Å². The summed E-state index contributed by atoms with van der Waals surface area (Å²) in [5.74, 6) is 0. The summed E-state index contributed by atoms with van der Waals surface area (Å²) < 4.78 is 0. The lowest BCUT2D eigenvalue weighted by atomic mass is 9.99. The zero-order chi connectivity index (χ0) is 13.6. The quantitative estimate of drug-likeness (QED) is 0.811. The molecular weight excluding hydrogens is 224 g/mol. The van der Waals surface area contributed by atoms with Crippen LogP contribution in [0.25, 0.3) is 0 Å². The number of hydrogen-bond acceptors (Lipinski definition) is 3. The van der Waals surface area contributed by atoms with Crippen LogP contribution in [0.1, 0.15) is 50.8 Å². The van der Waals surface area contributed by atoms with Crippen molar-refractivity contribution in [3.63, 3.8) is 0 Å². The molecule has 0 aliphatic rings. The van der Waals surface area contributed by atoms with Crippen LogP contribution in [0.3, 0.4) is 0 Å². The van der Waals surface area contributed by atoms with Crippen molar-refractivity contribution in [3.05, 3.63) is 35.4 Å². The summed E-state index contributed by atoms with van der Waals surface area (Å²) in [5.41, 5.74) is 1.07. The molecule has 0 aliphatic carbocycles. The lowest BCUT2D eigenvalue weighted by molar-refractivity contribution is 0.0477. The Balaban J connectivity index is 2.60. The first kappa shape index (κ1) is 14.7. The van der Waals surface area contributed by atoms with Gasteiger partial charge in [0.1, 0.15) is 0 Å². The van der Waals surface area contributed by atoms with Crippen molar-refractivity contribution < 1.29 is 5.11 Å². The van der Waals surface area contributed by atoms with E-state index in [4.69, 9.17) is 5.26 Å². The van der Waals surface area contributed by atoms with Crippen molar-refractivity contribution in [1.82, 2.24) is 5.32 Å². The predicted molar refractivity (Wildman–Crippen MR) is 73.1 cm³/mol. The van der Waals surface area contributed by atoms with Crippen LogP contribution in [0, 0.1) is 11.3 Å². The molecule has 0 radical (unpaired) electrons. The molecule has 1 rings (SSSR count). The van der Waals surface area contributed by atoms with E-state index in [0.717, 1.165) is 18.4 Å². The molecule has 3 nitrogen and oxygen atoms in total. The molecule has 0 aliphatic heterocycles. The van der Waals surface area contributed by atoms with E-state index in [9.17, 15) is 5.11 Å². The Kier molecular flexibility index (Phi) is 5.33. The zero-order valence-electron chi connectivity index (χ0n) is 11.4. The average molecular weight is 246 g/mol. The lowest BCUT2D eigenvalue weighted by Gasteiger charge is -2.25. The van der Waals surface area contributed by atoms with Gasteiger partial charge in [-0.1, -0.05) is 25.5 Å². The van der Waals surface area contributed by atoms with Crippen LogP contribution >= 0.6 is 0 Å². The fourth-order valence-corrected chi connectivity index (χ4v) is 2.00. The molecule has 0 bridgehead atoms. The van der Waals surface area contributed by atoms with Crippen molar-refractivity contribution in [2.45, 2.75) is 45.3 Å². The van der Waals surface area contributed by atoms with Gasteiger partial charge in [0, 0.05) is 12.6 Å². The van der Waals surface area contributed by atoms with Gasteiger partial charge in [-0.05, 0) is 38.0 Å². The number of nitrogens with one attached hydrogen (secondary N) is 1. The van der Waals surface area contributed by atoms with Crippen LogP contribution in [0.2, 0.25) is 0 Å². The van der Waals surface area contributed by atoms with E-state index >= 15 is 0 Å². The molecule has 0 saturated carbocycles. The van der Waals surface area contributed by atoms with Crippen LogP contribution in [0.15, 0.2) is 24.3 Å². The van der Waals surface area contributed by atoms with E-state index in [-0.39, 0.29) is 6.04 Å². The first-order chi connectivity index (χ1) is 8.48. The van der Waals surface area contributed by atoms with E-state index < -0.39 is 5.60 Å². The number of aliphatic hydroxyl groups is 1. The molecule has 18 heavy (non-hydrogen) atoms. The predicted octanol–water partition coefficient (Wildman–Crippen LogP) is 2.76. The third kappa shape index (κ3) is 4.48. The summed E-state index contributed by atoms with van der Waals surface area (Å²) in [6.45, 7) is 6.51. The summed E-state index contributed by atoms with van der Waals surface area (Å²) in [5, 5.41) is 22.3. The summed E-state index contributed by atoms with van der Waals surface area (Å²) in [4.78, 5) is 0. The Bertz CT molecular complexity index is 421. The minimum atomic E-state index is -0.671. The fraction of sp³-hybridized carbons (Fsp3) is 0.533. The summed E-state index contributed by atoms with van der Waals surface area (Å²) in [6, 6.07) is 9.82. The maximum absolute atomic E-state index is 10.1. The Morgan fingerprint density at radius 3 is 2.83 bits per heavy atom. The van der Waals surface area contributed by atoms with Gasteiger partial charge in [0.2, 0.25) is 0 Å². The molecule has 2 atom stereocenters. The third-order valence-corrected chi connectivity index (χ3v) is 3.09. The number of nitrogens with zero attached hydrogens (tertiary/aromatic N) is 1. The average Bonchev–Trinajstić information content (AvgIpc) is 2.36. The molecule has 0 amide bonds. The molecule has 0 saturated heterocycles. The van der Waals surface area contributed by atoms with Crippen LogP contribution in [-0.4, -0.2) is 17.3 Å². The fourth-order valence-electron chi connectivity index (χ4n) is 2.00. The van der Waals surface area contributed by atoms with Gasteiger partial charge in [-0.15, -0.1) is 0 Å². The Hall–Kier alpha value is -1.37. The van der Waals surface area contributed by atoms with E-state index in [1.165, 1.54) is 0 Å². The monoisotopic (exact) mass is 246 g/mol. The number of nitriles is 1. The van der Waals surface area contributed by atoms with E-state index in [0.29, 0.717) is 12.1 Å². The highest BCUT2D eigenvalue weighted by Gasteiger charge is 2.19. The summed E-state index contributed by atoms with van der Waals surface area (Å²) in [6.07, 6.45) is 1.75. The molecular formula is C15H22N2O. The Morgan fingerprint density at radius 2 is 2.22 bits per heavy atom. The minimum Gasteiger partial charge on any atom is -0.389 e. The number of rotatable bonds is 6. The topological polar surface area (TPSA) is 56.0 Å². The van der Waals surface area contributed by atoms with Crippen LogP contribution in [0.4, 0.5) is 0 Å². The molecule has 2 N–H and O–H groups in total. The Morgan fingerprint density at radius 1 is 1.50 bits per heavy atom. The molecule has 98 valence electrons. The lowest BCUT2D eigenvalue weighted by Crippen LogP contribution is -2.38. The van der Waals surface area contributed by atoms with Crippen molar-refractivity contribution >= 4 is 0 Å². The van der Waals surface area contributed by atoms with Gasteiger partial charge < -0.3 is 10.4 Å². The smallest absolute Gasteiger partial charge is 0.0991 e. The SMILES string of the molecule is CCCC(C)(O)CNC(C)c1cccc(C#N)c1. The standard InChI is InChI=1S/C15H22N2O/c1-4-8-15(3,18)11-17-12(2)14-7-5-6-13(9-14)10-16/h5-7,9,12,17-18H,4,8,11H2,1-3H3. The van der Waals surface area contributed by atoms with Crippen LogP contribution in [-0.2, 0) is 0 Å². The van der Waals surface area contributed by atoms with E-state index in [1.807, 2.05) is 32.0 Å². The van der Waals surface area contributed by atoms with Crippen LogP contribution in [0.5, 0.6) is 0 Å². The first-order valence-corrected chi connectivity index (χ1v) is 6.44. The van der Waals surface area contributed by atoms with E-state index in [1.54, 1.807) is 6.07 Å². The molecule has 3 heteroatoms. The molecule has 0 fully saturated rings. The second kappa shape index (κ2) is 6.53. The normalized spacial score (nSPS) is 15.7. The third-order valence-electron chi connectivity index (χ3n) is 3.09. The highest BCUT2D eigenvalue weighted by atomic mass is 16.3.